The van der Waals surface area contributed by atoms with E-state index in [2.05, 4.69) is 6.58 Å². The largest absolute Gasteiger partial charge is 0.480 e. The van der Waals surface area contributed by atoms with E-state index in [0.29, 0.717) is 6.61 Å². The summed E-state index contributed by atoms with van der Waals surface area (Å²) in [7, 11) is 0. The molecule has 5 nitrogen and oxygen atoms in total. The summed E-state index contributed by atoms with van der Waals surface area (Å²) in [6, 6.07) is 9.45. The first-order chi connectivity index (χ1) is 9.13. The summed E-state index contributed by atoms with van der Waals surface area (Å²) in [5.41, 5.74) is 0.962. The van der Waals surface area contributed by atoms with Crippen LogP contribution in [0, 0.1) is 0 Å². The minimum Gasteiger partial charge on any atom is -0.480 e. The van der Waals surface area contributed by atoms with E-state index < -0.39 is 5.97 Å². The van der Waals surface area contributed by atoms with Crippen LogP contribution in [0.15, 0.2) is 43.0 Å². The fourth-order valence-electron chi connectivity index (χ4n) is 1.50. The molecular formula is C14H17NO4. The first kappa shape index (κ1) is 14.9. The van der Waals surface area contributed by atoms with Crippen LogP contribution in [-0.2, 0) is 20.9 Å². The molecule has 0 atom stereocenters. The summed E-state index contributed by atoms with van der Waals surface area (Å²) < 4.78 is 5.27. The van der Waals surface area contributed by atoms with E-state index in [1.165, 1.54) is 11.0 Å². The lowest BCUT2D eigenvalue weighted by Gasteiger charge is -2.18. The topological polar surface area (TPSA) is 66.8 Å². The van der Waals surface area contributed by atoms with Crippen molar-refractivity contribution in [2.24, 2.45) is 0 Å². The molecule has 1 amide bonds. The van der Waals surface area contributed by atoms with Crippen molar-refractivity contribution in [3.63, 3.8) is 0 Å². The first-order valence-corrected chi connectivity index (χ1v) is 5.85. The maximum absolute atomic E-state index is 11.7. The summed E-state index contributed by atoms with van der Waals surface area (Å²) in [5, 5.41) is 8.69. The zero-order valence-corrected chi connectivity index (χ0v) is 10.6. The molecule has 0 fully saturated rings. The van der Waals surface area contributed by atoms with Crippen LogP contribution in [0.5, 0.6) is 0 Å². The smallest absolute Gasteiger partial charge is 0.323 e. The predicted octanol–water partition coefficient (Wildman–Crippen LogP) is 1.30. The van der Waals surface area contributed by atoms with Crippen LogP contribution in [0.25, 0.3) is 0 Å². The fourth-order valence-corrected chi connectivity index (χ4v) is 1.50. The molecule has 0 unspecified atom stereocenters. The minimum absolute atomic E-state index is 0.143. The van der Waals surface area contributed by atoms with Crippen molar-refractivity contribution in [2.75, 3.05) is 19.7 Å². The normalized spacial score (nSPS) is 9.89. The molecule has 0 aliphatic rings. The lowest BCUT2D eigenvalue weighted by Crippen LogP contribution is -2.38. The van der Waals surface area contributed by atoms with Crippen molar-refractivity contribution in [1.82, 2.24) is 4.90 Å². The number of amides is 1. The Balaban J connectivity index is 2.39. The van der Waals surface area contributed by atoms with Crippen LogP contribution in [0.3, 0.4) is 0 Å². The molecule has 0 saturated carbocycles. The Morgan fingerprint density at radius 2 is 2.00 bits per heavy atom. The zero-order valence-electron chi connectivity index (χ0n) is 10.6. The summed E-state index contributed by atoms with van der Waals surface area (Å²) in [4.78, 5) is 23.5. The van der Waals surface area contributed by atoms with Gasteiger partial charge in [-0.05, 0) is 5.56 Å². The van der Waals surface area contributed by atoms with E-state index >= 15 is 0 Å². The number of ether oxygens (including phenoxy) is 1. The van der Waals surface area contributed by atoms with E-state index in [9.17, 15) is 9.59 Å². The van der Waals surface area contributed by atoms with Crippen LogP contribution >= 0.6 is 0 Å². The van der Waals surface area contributed by atoms with Gasteiger partial charge in [0, 0.05) is 6.54 Å². The number of carbonyl (C=O) groups excluding carboxylic acids is 1. The summed E-state index contributed by atoms with van der Waals surface area (Å²) in [5.74, 6) is -1.42. The average Bonchev–Trinajstić information content (AvgIpc) is 2.39. The van der Waals surface area contributed by atoms with Crippen molar-refractivity contribution in [3.05, 3.63) is 48.6 Å². The molecule has 19 heavy (non-hydrogen) atoms. The number of carboxylic acid groups (broad SMARTS) is 1. The van der Waals surface area contributed by atoms with Gasteiger partial charge in [0.05, 0.1) is 6.61 Å². The van der Waals surface area contributed by atoms with Crippen LogP contribution in [0.1, 0.15) is 5.56 Å². The Hall–Kier alpha value is -2.14. The fraction of sp³-hybridized carbons (Fsp3) is 0.286. The van der Waals surface area contributed by atoms with Crippen LogP contribution in [-0.4, -0.2) is 41.6 Å². The summed E-state index contributed by atoms with van der Waals surface area (Å²) in [6.45, 7) is 3.52. The molecule has 0 aliphatic heterocycles. The monoisotopic (exact) mass is 263 g/mol. The van der Waals surface area contributed by atoms with E-state index in [1.54, 1.807) is 0 Å². The van der Waals surface area contributed by atoms with Crippen LogP contribution in [0.2, 0.25) is 0 Å². The molecule has 5 heteroatoms. The molecule has 0 aliphatic carbocycles. The maximum Gasteiger partial charge on any atom is 0.323 e. The van der Waals surface area contributed by atoms with Gasteiger partial charge in [0.15, 0.2) is 0 Å². The Kier molecular flexibility index (Phi) is 6.32. The number of hydrogen-bond donors (Lipinski definition) is 1. The number of rotatable bonds is 8. The van der Waals surface area contributed by atoms with Gasteiger partial charge in [0.1, 0.15) is 13.2 Å². The predicted molar refractivity (Wildman–Crippen MR) is 70.5 cm³/mol. The van der Waals surface area contributed by atoms with Gasteiger partial charge in [0.25, 0.3) is 0 Å². The molecule has 1 aromatic carbocycles. The van der Waals surface area contributed by atoms with Crippen molar-refractivity contribution >= 4 is 11.9 Å². The molecule has 102 valence electrons. The highest BCUT2D eigenvalue weighted by molar-refractivity contribution is 5.82. The molecular weight excluding hydrogens is 246 g/mol. The van der Waals surface area contributed by atoms with Crippen molar-refractivity contribution in [3.8, 4) is 0 Å². The van der Waals surface area contributed by atoms with Gasteiger partial charge in [-0.25, -0.2) is 0 Å². The Morgan fingerprint density at radius 1 is 1.32 bits per heavy atom. The van der Waals surface area contributed by atoms with E-state index in [-0.39, 0.29) is 25.6 Å². The Labute approximate surface area is 112 Å². The van der Waals surface area contributed by atoms with E-state index in [1.807, 2.05) is 30.3 Å². The highest BCUT2D eigenvalue weighted by Gasteiger charge is 2.15. The van der Waals surface area contributed by atoms with Gasteiger partial charge in [-0.1, -0.05) is 36.4 Å². The van der Waals surface area contributed by atoms with Crippen molar-refractivity contribution in [1.29, 1.82) is 0 Å². The Morgan fingerprint density at radius 3 is 2.58 bits per heavy atom. The molecule has 0 saturated heterocycles. The third-order valence-electron chi connectivity index (χ3n) is 2.37. The third-order valence-corrected chi connectivity index (χ3v) is 2.37. The quantitative estimate of drug-likeness (QED) is 0.718. The minimum atomic E-state index is -1.06. The molecule has 0 bridgehead atoms. The van der Waals surface area contributed by atoms with Gasteiger partial charge in [-0.15, -0.1) is 6.58 Å². The molecule has 0 heterocycles. The Bertz CT molecular complexity index is 430. The average molecular weight is 263 g/mol. The van der Waals surface area contributed by atoms with Gasteiger partial charge in [0.2, 0.25) is 5.91 Å². The lowest BCUT2D eigenvalue weighted by atomic mass is 10.2. The maximum atomic E-state index is 11.7. The zero-order chi connectivity index (χ0) is 14.1. The summed E-state index contributed by atoms with van der Waals surface area (Å²) in [6.07, 6.45) is 1.48. The van der Waals surface area contributed by atoms with Crippen LogP contribution in [0.4, 0.5) is 0 Å². The van der Waals surface area contributed by atoms with Gasteiger partial charge in [-0.3, -0.25) is 9.59 Å². The second kappa shape index (κ2) is 8.05. The third kappa shape index (κ3) is 5.83. The van der Waals surface area contributed by atoms with Crippen LogP contribution < -0.4 is 0 Å². The number of hydrogen-bond acceptors (Lipinski definition) is 3. The number of carbonyl (C=O) groups is 2. The second-order valence-corrected chi connectivity index (χ2v) is 3.94. The first-order valence-electron chi connectivity index (χ1n) is 5.85. The standard InChI is InChI=1S/C14H17NO4/c1-2-8-15(9-14(17)18)13(16)11-19-10-12-6-4-3-5-7-12/h2-7H,1,8-11H2,(H,17,18). The number of aliphatic carboxylic acids is 1. The molecule has 0 spiro atoms. The summed E-state index contributed by atoms with van der Waals surface area (Å²) >= 11 is 0. The molecule has 1 N–H and O–H groups in total. The molecule has 1 rings (SSSR count). The lowest BCUT2D eigenvalue weighted by molar-refractivity contribution is -0.146. The highest BCUT2D eigenvalue weighted by atomic mass is 16.5. The van der Waals surface area contributed by atoms with Crippen molar-refractivity contribution < 1.29 is 19.4 Å². The number of benzene rings is 1. The second-order valence-electron chi connectivity index (χ2n) is 3.94. The SMILES string of the molecule is C=CCN(CC(=O)O)C(=O)COCc1ccccc1. The highest BCUT2D eigenvalue weighted by Crippen LogP contribution is 2.01. The molecule has 0 aromatic heterocycles. The number of nitrogens with zero attached hydrogens (tertiary/aromatic N) is 1. The van der Waals surface area contributed by atoms with Crippen molar-refractivity contribution in [2.45, 2.75) is 6.61 Å². The molecule has 1 aromatic rings. The van der Waals surface area contributed by atoms with Gasteiger partial charge >= 0.3 is 5.97 Å². The number of carboxylic acids is 1. The van der Waals surface area contributed by atoms with E-state index in [4.69, 9.17) is 9.84 Å². The molecule has 0 radical (unpaired) electrons. The van der Waals surface area contributed by atoms with E-state index in [0.717, 1.165) is 5.56 Å². The van der Waals surface area contributed by atoms with Gasteiger partial charge in [-0.2, -0.15) is 0 Å². The van der Waals surface area contributed by atoms with Gasteiger partial charge < -0.3 is 14.7 Å².